The van der Waals surface area contributed by atoms with E-state index in [1.807, 2.05) is 31.2 Å². The molecule has 0 saturated heterocycles. The summed E-state index contributed by atoms with van der Waals surface area (Å²) in [7, 11) is 0. The molecular weight excluding hydrogens is 431 g/mol. The van der Waals surface area contributed by atoms with Crippen LogP contribution in [0.25, 0.3) is 0 Å². The van der Waals surface area contributed by atoms with E-state index in [2.05, 4.69) is 25.6 Å². The van der Waals surface area contributed by atoms with Gasteiger partial charge in [-0.2, -0.15) is 0 Å². The van der Waals surface area contributed by atoms with E-state index in [1.54, 1.807) is 18.5 Å². The first-order chi connectivity index (χ1) is 11.6. The lowest BCUT2D eigenvalue weighted by atomic mass is 10.3. The van der Waals surface area contributed by atoms with Gasteiger partial charge in [-0.15, -0.1) is 24.0 Å². The minimum atomic E-state index is -0.142. The molecule has 1 amide bonds. The molecule has 0 fully saturated rings. The zero-order chi connectivity index (χ0) is 17.2. The summed E-state index contributed by atoms with van der Waals surface area (Å²) in [6.45, 7) is 2.91. The van der Waals surface area contributed by atoms with E-state index in [4.69, 9.17) is 5.73 Å². The number of hydrogen-bond donors (Lipinski definition) is 3. The molecule has 2 aromatic rings. The molecule has 0 saturated carbocycles. The van der Waals surface area contributed by atoms with Crippen LogP contribution < -0.4 is 16.4 Å². The predicted molar refractivity (Wildman–Crippen MR) is 110 cm³/mol. The van der Waals surface area contributed by atoms with E-state index >= 15 is 0 Å². The average Bonchev–Trinajstić information content (AvgIpc) is 2.58. The number of rotatable bonds is 7. The molecule has 0 aliphatic carbocycles. The van der Waals surface area contributed by atoms with Gasteiger partial charge in [-0.25, -0.2) is 4.98 Å². The number of aliphatic imine (C=N–C) groups is 1. The molecule has 0 radical (unpaired) electrons. The summed E-state index contributed by atoms with van der Waals surface area (Å²) in [4.78, 5) is 24.3. The number of halogens is 1. The average molecular weight is 454 g/mol. The highest BCUT2D eigenvalue weighted by atomic mass is 127. The van der Waals surface area contributed by atoms with Crippen LogP contribution in [0.4, 0.5) is 5.82 Å². The summed E-state index contributed by atoms with van der Waals surface area (Å²) in [6.07, 6.45) is 4.47. The number of anilines is 1. The van der Waals surface area contributed by atoms with Crippen LogP contribution in [0.5, 0.6) is 0 Å². The second-order valence-electron chi connectivity index (χ2n) is 5.28. The first-order valence-electron chi connectivity index (χ1n) is 7.79. The van der Waals surface area contributed by atoms with Crippen molar-refractivity contribution in [1.29, 1.82) is 0 Å². The SMILES string of the molecule is Cc1ccc(NC(=O)CCN=C(N)NCCc2ccccn2)nc1.I. The number of carbonyl (C=O) groups is 1. The summed E-state index contributed by atoms with van der Waals surface area (Å²) in [5, 5.41) is 5.72. The molecule has 7 nitrogen and oxygen atoms in total. The van der Waals surface area contributed by atoms with Gasteiger partial charge in [0.15, 0.2) is 5.96 Å². The monoisotopic (exact) mass is 454 g/mol. The maximum atomic E-state index is 11.8. The molecule has 0 unspecified atom stereocenters. The van der Waals surface area contributed by atoms with Crippen molar-refractivity contribution in [3.8, 4) is 0 Å². The Labute approximate surface area is 164 Å². The summed E-state index contributed by atoms with van der Waals surface area (Å²) in [5.41, 5.74) is 7.80. The second-order valence-corrected chi connectivity index (χ2v) is 5.28. The standard InChI is InChI=1S/C17H22N6O.HI/c1-13-5-6-15(22-12-13)23-16(24)8-11-21-17(18)20-10-7-14-4-2-3-9-19-14;/h2-6,9,12H,7-8,10-11H2,1H3,(H3,18,20,21)(H,22,23,24);1H. The van der Waals surface area contributed by atoms with Crippen molar-refractivity contribution in [1.82, 2.24) is 15.3 Å². The van der Waals surface area contributed by atoms with Crippen LogP contribution in [-0.4, -0.2) is 34.9 Å². The summed E-state index contributed by atoms with van der Waals surface area (Å²) in [5.74, 6) is 0.722. The Bertz CT molecular complexity index is 675. The lowest BCUT2D eigenvalue weighted by molar-refractivity contribution is -0.116. The van der Waals surface area contributed by atoms with Gasteiger partial charge in [0.05, 0.1) is 6.54 Å². The maximum Gasteiger partial charge on any atom is 0.227 e. The normalized spacial score (nSPS) is 10.7. The van der Waals surface area contributed by atoms with Crippen molar-refractivity contribution in [3.05, 3.63) is 54.0 Å². The van der Waals surface area contributed by atoms with E-state index in [1.165, 1.54) is 0 Å². The molecule has 0 aliphatic rings. The number of aryl methyl sites for hydroxylation is 1. The predicted octanol–water partition coefficient (Wildman–Crippen LogP) is 1.88. The van der Waals surface area contributed by atoms with Crippen LogP contribution in [0, 0.1) is 6.92 Å². The first-order valence-corrected chi connectivity index (χ1v) is 7.79. The zero-order valence-electron chi connectivity index (χ0n) is 14.1. The molecule has 0 atom stereocenters. The van der Waals surface area contributed by atoms with Gasteiger partial charge in [0.2, 0.25) is 5.91 Å². The van der Waals surface area contributed by atoms with E-state index in [0.717, 1.165) is 17.7 Å². The number of nitrogens with zero attached hydrogens (tertiary/aromatic N) is 3. The van der Waals surface area contributed by atoms with Crippen LogP contribution in [0.1, 0.15) is 17.7 Å². The summed E-state index contributed by atoms with van der Waals surface area (Å²) < 4.78 is 0. The molecule has 0 bridgehead atoms. The van der Waals surface area contributed by atoms with Crippen molar-refractivity contribution >= 4 is 41.7 Å². The van der Waals surface area contributed by atoms with Crippen molar-refractivity contribution in [3.63, 3.8) is 0 Å². The second kappa shape index (κ2) is 11.3. The third kappa shape index (κ3) is 8.43. The Kier molecular flexibility index (Phi) is 9.45. The fourth-order valence-electron chi connectivity index (χ4n) is 1.95. The third-order valence-corrected chi connectivity index (χ3v) is 3.21. The number of nitrogens with one attached hydrogen (secondary N) is 2. The summed E-state index contributed by atoms with van der Waals surface area (Å²) >= 11 is 0. The highest BCUT2D eigenvalue weighted by Gasteiger charge is 2.02. The Balaban J connectivity index is 0.00000312. The van der Waals surface area contributed by atoms with Gasteiger partial charge in [0.25, 0.3) is 0 Å². The number of amides is 1. The van der Waals surface area contributed by atoms with Gasteiger partial charge in [-0.1, -0.05) is 12.1 Å². The quantitative estimate of drug-likeness (QED) is 0.337. The van der Waals surface area contributed by atoms with Crippen LogP contribution in [0.3, 0.4) is 0 Å². The van der Waals surface area contributed by atoms with E-state index in [9.17, 15) is 4.79 Å². The zero-order valence-corrected chi connectivity index (χ0v) is 16.4. The number of carbonyl (C=O) groups excluding carboxylic acids is 1. The smallest absolute Gasteiger partial charge is 0.227 e. The van der Waals surface area contributed by atoms with Gasteiger partial charge < -0.3 is 16.4 Å². The molecule has 134 valence electrons. The third-order valence-electron chi connectivity index (χ3n) is 3.21. The molecule has 8 heteroatoms. The fraction of sp³-hybridized carbons (Fsp3) is 0.294. The lowest BCUT2D eigenvalue weighted by Crippen LogP contribution is -2.33. The highest BCUT2D eigenvalue weighted by molar-refractivity contribution is 14.0. The molecule has 0 aromatic carbocycles. The summed E-state index contributed by atoms with van der Waals surface area (Å²) in [6, 6.07) is 9.44. The maximum absolute atomic E-state index is 11.8. The van der Waals surface area contributed by atoms with Gasteiger partial charge in [-0.05, 0) is 30.7 Å². The Hall–Kier alpha value is -2.23. The number of pyridine rings is 2. The number of aromatic nitrogens is 2. The molecule has 2 heterocycles. The Morgan fingerprint density at radius 3 is 2.76 bits per heavy atom. The van der Waals surface area contributed by atoms with Crippen molar-refractivity contribution in [2.75, 3.05) is 18.4 Å². The van der Waals surface area contributed by atoms with Crippen LogP contribution >= 0.6 is 24.0 Å². The minimum absolute atomic E-state index is 0. The Morgan fingerprint density at radius 1 is 1.24 bits per heavy atom. The minimum Gasteiger partial charge on any atom is -0.370 e. The van der Waals surface area contributed by atoms with Crippen molar-refractivity contribution in [2.24, 2.45) is 10.7 Å². The lowest BCUT2D eigenvalue weighted by Gasteiger charge is -2.06. The van der Waals surface area contributed by atoms with E-state index in [0.29, 0.717) is 24.9 Å². The molecule has 2 aromatic heterocycles. The molecule has 4 N–H and O–H groups in total. The van der Waals surface area contributed by atoms with Crippen LogP contribution in [0.15, 0.2) is 47.7 Å². The largest absolute Gasteiger partial charge is 0.370 e. The van der Waals surface area contributed by atoms with E-state index < -0.39 is 0 Å². The number of nitrogens with two attached hydrogens (primary N) is 1. The van der Waals surface area contributed by atoms with Crippen LogP contribution in [-0.2, 0) is 11.2 Å². The van der Waals surface area contributed by atoms with E-state index in [-0.39, 0.29) is 36.3 Å². The topological polar surface area (TPSA) is 105 Å². The molecule has 0 aliphatic heterocycles. The number of hydrogen-bond acceptors (Lipinski definition) is 4. The fourth-order valence-corrected chi connectivity index (χ4v) is 1.95. The van der Waals surface area contributed by atoms with Gasteiger partial charge in [0.1, 0.15) is 5.82 Å². The van der Waals surface area contributed by atoms with Gasteiger partial charge in [-0.3, -0.25) is 14.8 Å². The molecule has 25 heavy (non-hydrogen) atoms. The van der Waals surface area contributed by atoms with Gasteiger partial charge in [0, 0.05) is 37.5 Å². The number of guanidine groups is 1. The first kappa shape index (κ1) is 20.8. The molecule has 2 rings (SSSR count). The van der Waals surface area contributed by atoms with Crippen molar-refractivity contribution in [2.45, 2.75) is 19.8 Å². The van der Waals surface area contributed by atoms with Crippen LogP contribution in [0.2, 0.25) is 0 Å². The molecule has 0 spiro atoms. The molecular formula is C17H23IN6O. The highest BCUT2D eigenvalue weighted by Crippen LogP contribution is 2.04. The van der Waals surface area contributed by atoms with Crippen molar-refractivity contribution < 1.29 is 4.79 Å². The van der Waals surface area contributed by atoms with Gasteiger partial charge >= 0.3 is 0 Å². The Morgan fingerprint density at radius 2 is 2.08 bits per heavy atom.